The van der Waals surface area contributed by atoms with Gasteiger partial charge >= 0.3 is 0 Å². The Morgan fingerprint density at radius 3 is 3.07 bits per heavy atom. The predicted molar refractivity (Wildman–Crippen MR) is 64.4 cm³/mol. The number of hydrogen-bond acceptors (Lipinski definition) is 1. The molecule has 0 saturated heterocycles. The van der Waals surface area contributed by atoms with Crippen LogP contribution in [0, 0.1) is 0 Å². The van der Waals surface area contributed by atoms with Gasteiger partial charge in [0.15, 0.2) is 0 Å². The van der Waals surface area contributed by atoms with Crippen molar-refractivity contribution in [2.24, 2.45) is 0 Å². The van der Waals surface area contributed by atoms with Gasteiger partial charge in [-0.25, -0.2) is 0 Å². The zero-order valence-corrected chi connectivity index (χ0v) is 9.03. The minimum absolute atomic E-state index is 0.923. The van der Waals surface area contributed by atoms with Crippen molar-refractivity contribution in [3.63, 3.8) is 0 Å². The van der Waals surface area contributed by atoms with Crippen LogP contribution in [0.1, 0.15) is 6.92 Å². The average Bonchev–Trinajstić information content (AvgIpc) is 2.63. The van der Waals surface area contributed by atoms with Crippen molar-refractivity contribution in [2.75, 3.05) is 13.1 Å². The zero-order valence-electron chi connectivity index (χ0n) is 9.03. The van der Waals surface area contributed by atoms with Crippen LogP contribution in [-0.4, -0.2) is 25.3 Å². The monoisotopic (exact) mass is 186 g/mol. The molecule has 0 aromatic rings. The molecule has 1 nitrogen and oxygen atoms in total. The molecule has 14 heavy (non-hydrogen) atoms. The summed E-state index contributed by atoms with van der Waals surface area (Å²) in [6.07, 6.45) is 10.5. The Bertz CT molecular complexity index is 287. The second-order valence-corrected chi connectivity index (χ2v) is 3.30. The first-order valence-electron chi connectivity index (χ1n) is 5.00. The summed E-state index contributed by atoms with van der Waals surface area (Å²) in [6, 6.07) is 0. The lowest BCUT2D eigenvalue weighted by molar-refractivity contribution is 0.474. The maximum atomic E-state index is 3.74. The summed E-state index contributed by atoms with van der Waals surface area (Å²) in [5.74, 6) is 0. The first-order chi connectivity index (χ1) is 6.81. The van der Waals surface area contributed by atoms with Crippen LogP contribution in [0.3, 0.4) is 0 Å². The Kier molecular flexibility index (Phi) is 4.31. The molecule has 1 radical (unpaired) electrons. The van der Waals surface area contributed by atoms with Crippen molar-refractivity contribution in [1.29, 1.82) is 0 Å². The highest BCUT2D eigenvalue weighted by Crippen LogP contribution is 2.16. The molecule has 0 atom stereocenters. The Morgan fingerprint density at radius 2 is 2.50 bits per heavy atom. The molecule has 0 aromatic carbocycles. The molecule has 0 bridgehead atoms. The summed E-state index contributed by atoms with van der Waals surface area (Å²) >= 11 is 0. The third-order valence-electron chi connectivity index (χ3n) is 2.25. The van der Waals surface area contributed by atoms with Crippen LogP contribution in [0.2, 0.25) is 6.82 Å². The van der Waals surface area contributed by atoms with Crippen molar-refractivity contribution in [2.45, 2.75) is 13.7 Å². The first kappa shape index (κ1) is 10.9. The smallest absolute Gasteiger partial charge is 0.148 e. The molecule has 1 aliphatic rings. The highest BCUT2D eigenvalue weighted by atomic mass is 15.1. The molecular weight excluding hydrogens is 169 g/mol. The Labute approximate surface area is 87.7 Å². The third-order valence-corrected chi connectivity index (χ3v) is 2.25. The lowest BCUT2D eigenvalue weighted by atomic mass is 9.70. The Morgan fingerprint density at radius 1 is 1.71 bits per heavy atom. The van der Waals surface area contributed by atoms with E-state index >= 15 is 0 Å². The van der Waals surface area contributed by atoms with Gasteiger partial charge in [-0.05, 0) is 18.6 Å². The van der Waals surface area contributed by atoms with Crippen molar-refractivity contribution in [3.8, 4) is 0 Å². The van der Waals surface area contributed by atoms with E-state index in [1.165, 1.54) is 11.0 Å². The minimum Gasteiger partial charge on any atom is -0.369 e. The minimum atomic E-state index is 0.923. The quantitative estimate of drug-likeness (QED) is 0.481. The van der Waals surface area contributed by atoms with E-state index in [1.54, 1.807) is 0 Å². The fourth-order valence-electron chi connectivity index (χ4n) is 1.57. The highest BCUT2D eigenvalue weighted by Gasteiger charge is 2.09. The summed E-state index contributed by atoms with van der Waals surface area (Å²) in [6.45, 7) is 9.78. The topological polar surface area (TPSA) is 3.24 Å². The highest BCUT2D eigenvalue weighted by molar-refractivity contribution is 6.45. The Balaban J connectivity index is 2.72. The van der Waals surface area contributed by atoms with Gasteiger partial charge in [0.2, 0.25) is 0 Å². The van der Waals surface area contributed by atoms with E-state index in [2.05, 4.69) is 50.0 Å². The van der Waals surface area contributed by atoms with E-state index in [0.717, 1.165) is 13.1 Å². The van der Waals surface area contributed by atoms with E-state index in [0.29, 0.717) is 0 Å². The average molecular weight is 186 g/mol. The number of allylic oxidation sites excluding steroid dienone is 3. The summed E-state index contributed by atoms with van der Waals surface area (Å²) < 4.78 is 0. The second-order valence-electron chi connectivity index (χ2n) is 3.30. The SMILES string of the molecule is C=CCN1C=C/C(=C([B]C)/C=C\C)C1. The molecule has 1 rings (SSSR count). The van der Waals surface area contributed by atoms with E-state index in [9.17, 15) is 0 Å². The summed E-state index contributed by atoms with van der Waals surface area (Å²) in [5.41, 5.74) is 2.70. The van der Waals surface area contributed by atoms with E-state index in [1.807, 2.05) is 13.0 Å². The van der Waals surface area contributed by atoms with E-state index in [4.69, 9.17) is 0 Å². The van der Waals surface area contributed by atoms with Crippen LogP contribution in [0.4, 0.5) is 0 Å². The van der Waals surface area contributed by atoms with E-state index in [-0.39, 0.29) is 0 Å². The third kappa shape index (κ3) is 2.66. The van der Waals surface area contributed by atoms with Crippen molar-refractivity contribution in [3.05, 3.63) is 48.1 Å². The van der Waals surface area contributed by atoms with Gasteiger partial charge < -0.3 is 4.90 Å². The maximum absolute atomic E-state index is 3.74. The van der Waals surface area contributed by atoms with Crippen molar-refractivity contribution >= 4 is 7.28 Å². The van der Waals surface area contributed by atoms with Crippen molar-refractivity contribution < 1.29 is 0 Å². The van der Waals surface area contributed by atoms with Gasteiger partial charge in [0.1, 0.15) is 7.28 Å². The molecule has 0 aromatic heterocycles. The standard InChI is InChI=1S/C12H17BN/c1-4-6-12(13-3)11-7-9-14(10-11)8-5-2/h4-7,9H,2,8,10H2,1,3H3/b6-4-,12-11+. The maximum Gasteiger partial charge on any atom is 0.148 e. The number of nitrogens with zero attached hydrogens (tertiary/aromatic N) is 1. The molecule has 73 valence electrons. The molecule has 0 saturated carbocycles. The molecule has 1 aliphatic heterocycles. The molecule has 0 amide bonds. The lowest BCUT2D eigenvalue weighted by Gasteiger charge is -2.13. The zero-order chi connectivity index (χ0) is 10.4. The van der Waals surface area contributed by atoms with Gasteiger partial charge in [-0.3, -0.25) is 0 Å². The van der Waals surface area contributed by atoms with Crippen LogP contribution in [0.15, 0.2) is 48.1 Å². The molecule has 0 aliphatic carbocycles. The number of hydrogen-bond donors (Lipinski definition) is 0. The predicted octanol–water partition coefficient (Wildman–Crippen LogP) is 2.58. The van der Waals surface area contributed by atoms with Gasteiger partial charge in [0.05, 0.1) is 0 Å². The van der Waals surface area contributed by atoms with Crippen LogP contribution in [0.5, 0.6) is 0 Å². The van der Waals surface area contributed by atoms with Crippen molar-refractivity contribution in [1.82, 2.24) is 4.90 Å². The lowest BCUT2D eigenvalue weighted by Crippen LogP contribution is -2.15. The van der Waals surface area contributed by atoms with Crippen LogP contribution in [0.25, 0.3) is 0 Å². The normalized spacial score (nSPS) is 19.1. The molecule has 0 spiro atoms. The van der Waals surface area contributed by atoms with Crippen LogP contribution in [-0.2, 0) is 0 Å². The van der Waals surface area contributed by atoms with Crippen LogP contribution >= 0.6 is 0 Å². The fraction of sp³-hybridized carbons (Fsp3) is 0.333. The molecule has 0 unspecified atom stereocenters. The van der Waals surface area contributed by atoms with Gasteiger partial charge in [-0.2, -0.15) is 0 Å². The molecule has 0 fully saturated rings. The van der Waals surface area contributed by atoms with E-state index < -0.39 is 0 Å². The fourth-order valence-corrected chi connectivity index (χ4v) is 1.57. The van der Waals surface area contributed by atoms with Crippen LogP contribution < -0.4 is 0 Å². The molecular formula is C12H17BN. The van der Waals surface area contributed by atoms with Gasteiger partial charge in [-0.1, -0.05) is 30.5 Å². The molecule has 2 heteroatoms. The second kappa shape index (κ2) is 5.53. The molecule has 1 heterocycles. The summed E-state index contributed by atoms with van der Waals surface area (Å²) in [4.78, 5) is 2.25. The largest absolute Gasteiger partial charge is 0.369 e. The summed E-state index contributed by atoms with van der Waals surface area (Å²) in [5, 5.41) is 0. The number of rotatable bonds is 4. The van der Waals surface area contributed by atoms with Gasteiger partial charge in [-0.15, -0.1) is 6.58 Å². The summed E-state index contributed by atoms with van der Waals surface area (Å²) in [7, 11) is 2.15. The van der Waals surface area contributed by atoms with Gasteiger partial charge in [0.25, 0.3) is 0 Å². The first-order valence-corrected chi connectivity index (χ1v) is 5.00. The van der Waals surface area contributed by atoms with Gasteiger partial charge in [0, 0.05) is 19.3 Å². The Hall–Kier alpha value is -1.18. The molecule has 0 N–H and O–H groups in total.